The molecular formula is C11H15NO5S. The molecule has 0 spiro atoms. The highest BCUT2D eigenvalue weighted by Crippen LogP contribution is 2.23. The molecule has 0 saturated heterocycles. The van der Waals surface area contributed by atoms with E-state index in [0.29, 0.717) is 0 Å². The van der Waals surface area contributed by atoms with Crippen LogP contribution in [0.3, 0.4) is 0 Å². The summed E-state index contributed by atoms with van der Waals surface area (Å²) in [6, 6.07) is 3.72. The second kappa shape index (κ2) is 5.36. The largest absolute Gasteiger partial charge is 0.490 e. The summed E-state index contributed by atoms with van der Waals surface area (Å²) in [6.07, 6.45) is -0.199. The summed E-state index contributed by atoms with van der Waals surface area (Å²) in [5, 5.41) is 9.05. The van der Waals surface area contributed by atoms with E-state index in [9.17, 15) is 13.2 Å². The van der Waals surface area contributed by atoms with Crippen molar-refractivity contribution in [3.05, 3.63) is 23.8 Å². The molecule has 0 aromatic heterocycles. The Balaban J connectivity index is 3.32. The van der Waals surface area contributed by atoms with Gasteiger partial charge >= 0.3 is 5.97 Å². The molecule has 0 atom stereocenters. The van der Waals surface area contributed by atoms with Crippen LogP contribution in [0.2, 0.25) is 0 Å². The Labute approximate surface area is 106 Å². The Kier molecular flexibility index (Phi) is 4.31. The fraction of sp³-hybridized carbons (Fsp3) is 0.364. The standard InChI is InChI=1S/C11H15NO5S/c1-7(2)17-10-5-4-8(18(15,16)12-3)6-9(10)11(13)14/h4-7,12H,1-3H3,(H,13,14). The van der Waals surface area contributed by atoms with Gasteiger partial charge in [0.2, 0.25) is 10.0 Å². The van der Waals surface area contributed by atoms with Gasteiger partial charge in [-0.15, -0.1) is 0 Å². The molecule has 1 rings (SSSR count). The molecule has 0 amide bonds. The first-order valence-corrected chi connectivity index (χ1v) is 6.74. The number of carbonyl (C=O) groups is 1. The predicted molar refractivity (Wildman–Crippen MR) is 65.4 cm³/mol. The summed E-state index contributed by atoms with van der Waals surface area (Å²) in [4.78, 5) is 11.0. The van der Waals surface area contributed by atoms with Crippen molar-refractivity contribution in [1.82, 2.24) is 4.72 Å². The molecular weight excluding hydrogens is 258 g/mol. The maximum absolute atomic E-state index is 11.6. The lowest BCUT2D eigenvalue weighted by molar-refractivity contribution is 0.0690. The molecule has 0 heterocycles. The van der Waals surface area contributed by atoms with Crippen LogP contribution in [0.5, 0.6) is 5.75 Å². The normalized spacial score (nSPS) is 11.6. The Morgan fingerprint density at radius 1 is 1.39 bits per heavy atom. The van der Waals surface area contributed by atoms with Crippen molar-refractivity contribution in [3.8, 4) is 5.75 Å². The first kappa shape index (κ1) is 14.5. The van der Waals surface area contributed by atoms with Crippen molar-refractivity contribution in [2.45, 2.75) is 24.8 Å². The lowest BCUT2D eigenvalue weighted by Gasteiger charge is -2.13. The van der Waals surface area contributed by atoms with Gasteiger partial charge in [-0.25, -0.2) is 17.9 Å². The van der Waals surface area contributed by atoms with Crippen LogP contribution in [0.4, 0.5) is 0 Å². The molecule has 18 heavy (non-hydrogen) atoms. The molecule has 6 nitrogen and oxygen atoms in total. The van der Waals surface area contributed by atoms with Crippen molar-refractivity contribution >= 4 is 16.0 Å². The Hall–Kier alpha value is -1.60. The third-order valence-electron chi connectivity index (χ3n) is 2.12. The van der Waals surface area contributed by atoms with Gasteiger partial charge in [0, 0.05) is 0 Å². The summed E-state index contributed by atoms with van der Waals surface area (Å²) in [6.45, 7) is 3.51. The number of carboxylic acid groups (broad SMARTS) is 1. The Morgan fingerprint density at radius 2 is 2.00 bits per heavy atom. The predicted octanol–water partition coefficient (Wildman–Crippen LogP) is 1.08. The highest BCUT2D eigenvalue weighted by Gasteiger charge is 2.18. The molecule has 1 aromatic rings. The minimum Gasteiger partial charge on any atom is -0.490 e. The van der Waals surface area contributed by atoms with E-state index in [1.165, 1.54) is 19.2 Å². The maximum atomic E-state index is 11.6. The summed E-state index contributed by atoms with van der Waals surface area (Å²) in [5.74, 6) is -1.09. The molecule has 0 aliphatic heterocycles. The van der Waals surface area contributed by atoms with Gasteiger partial charge in [0.05, 0.1) is 11.0 Å². The highest BCUT2D eigenvalue weighted by atomic mass is 32.2. The fourth-order valence-corrected chi connectivity index (χ4v) is 2.07. The number of nitrogens with one attached hydrogen (secondary N) is 1. The number of carboxylic acids is 1. The van der Waals surface area contributed by atoms with Gasteiger partial charge in [-0.2, -0.15) is 0 Å². The molecule has 0 saturated carbocycles. The molecule has 0 fully saturated rings. The lowest BCUT2D eigenvalue weighted by Crippen LogP contribution is -2.19. The molecule has 100 valence electrons. The number of benzene rings is 1. The highest BCUT2D eigenvalue weighted by molar-refractivity contribution is 7.89. The number of sulfonamides is 1. The van der Waals surface area contributed by atoms with Crippen molar-refractivity contribution in [1.29, 1.82) is 0 Å². The Morgan fingerprint density at radius 3 is 2.44 bits per heavy atom. The van der Waals surface area contributed by atoms with Gasteiger partial charge in [0.25, 0.3) is 0 Å². The number of hydrogen-bond acceptors (Lipinski definition) is 4. The topological polar surface area (TPSA) is 92.7 Å². The van der Waals surface area contributed by atoms with Crippen LogP contribution in [-0.2, 0) is 10.0 Å². The first-order valence-electron chi connectivity index (χ1n) is 5.25. The van der Waals surface area contributed by atoms with Gasteiger partial charge in [-0.3, -0.25) is 0 Å². The summed E-state index contributed by atoms with van der Waals surface area (Å²) in [7, 11) is -2.41. The smallest absolute Gasteiger partial charge is 0.339 e. The third kappa shape index (κ3) is 3.21. The molecule has 0 bridgehead atoms. The summed E-state index contributed by atoms with van der Waals surface area (Å²) >= 11 is 0. The van der Waals surface area contributed by atoms with E-state index in [4.69, 9.17) is 9.84 Å². The zero-order valence-corrected chi connectivity index (χ0v) is 11.1. The zero-order valence-electron chi connectivity index (χ0n) is 10.3. The van der Waals surface area contributed by atoms with E-state index in [0.717, 1.165) is 6.07 Å². The van der Waals surface area contributed by atoms with Crippen molar-refractivity contribution in [2.75, 3.05) is 7.05 Å². The average molecular weight is 273 g/mol. The van der Waals surface area contributed by atoms with Crippen LogP contribution in [0.25, 0.3) is 0 Å². The zero-order chi connectivity index (χ0) is 13.9. The quantitative estimate of drug-likeness (QED) is 0.837. The first-order chi connectivity index (χ1) is 8.27. The maximum Gasteiger partial charge on any atom is 0.339 e. The Bertz CT molecular complexity index is 551. The van der Waals surface area contributed by atoms with Crippen LogP contribution in [0.1, 0.15) is 24.2 Å². The third-order valence-corrected chi connectivity index (χ3v) is 3.54. The van der Waals surface area contributed by atoms with E-state index in [1.807, 2.05) is 0 Å². The van der Waals surface area contributed by atoms with E-state index in [2.05, 4.69) is 4.72 Å². The van der Waals surface area contributed by atoms with Gasteiger partial charge in [0.15, 0.2) is 0 Å². The van der Waals surface area contributed by atoms with Crippen molar-refractivity contribution in [3.63, 3.8) is 0 Å². The fourth-order valence-electron chi connectivity index (χ4n) is 1.32. The molecule has 2 N–H and O–H groups in total. The summed E-state index contributed by atoms with van der Waals surface area (Å²) in [5.41, 5.74) is -0.181. The molecule has 1 aromatic carbocycles. The van der Waals surface area contributed by atoms with Crippen LogP contribution in [0.15, 0.2) is 23.1 Å². The second-order valence-corrected chi connectivity index (χ2v) is 5.72. The summed E-state index contributed by atoms with van der Waals surface area (Å²) < 4.78 is 30.6. The molecule has 0 aliphatic carbocycles. The number of rotatable bonds is 5. The van der Waals surface area contributed by atoms with Crippen molar-refractivity contribution in [2.24, 2.45) is 0 Å². The number of hydrogen-bond donors (Lipinski definition) is 2. The van der Waals surface area contributed by atoms with Gasteiger partial charge in [-0.1, -0.05) is 0 Å². The van der Waals surface area contributed by atoms with E-state index >= 15 is 0 Å². The van der Waals surface area contributed by atoms with Crippen LogP contribution in [0, 0.1) is 0 Å². The molecule has 7 heteroatoms. The number of ether oxygens (including phenoxy) is 1. The number of aromatic carboxylic acids is 1. The average Bonchev–Trinajstić information content (AvgIpc) is 2.28. The second-order valence-electron chi connectivity index (χ2n) is 3.84. The van der Waals surface area contributed by atoms with Gasteiger partial charge in [0.1, 0.15) is 11.3 Å². The van der Waals surface area contributed by atoms with Gasteiger partial charge in [-0.05, 0) is 39.1 Å². The molecule has 0 aliphatic rings. The monoisotopic (exact) mass is 273 g/mol. The molecule has 0 unspecified atom stereocenters. The van der Waals surface area contributed by atoms with Crippen LogP contribution in [-0.4, -0.2) is 32.6 Å². The van der Waals surface area contributed by atoms with Gasteiger partial charge < -0.3 is 9.84 Å². The van der Waals surface area contributed by atoms with Crippen LogP contribution < -0.4 is 9.46 Å². The van der Waals surface area contributed by atoms with E-state index < -0.39 is 16.0 Å². The molecule has 0 radical (unpaired) electrons. The van der Waals surface area contributed by atoms with E-state index in [1.54, 1.807) is 13.8 Å². The van der Waals surface area contributed by atoms with Crippen molar-refractivity contribution < 1.29 is 23.1 Å². The van der Waals surface area contributed by atoms with E-state index in [-0.39, 0.29) is 22.3 Å². The minimum absolute atomic E-state index is 0.112. The minimum atomic E-state index is -3.67. The SMILES string of the molecule is CNS(=O)(=O)c1ccc(OC(C)C)c(C(=O)O)c1. The van der Waals surface area contributed by atoms with Crippen LogP contribution >= 0.6 is 0 Å². The lowest BCUT2D eigenvalue weighted by atomic mass is 10.2.